The van der Waals surface area contributed by atoms with Crippen LogP contribution in [0.25, 0.3) is 0 Å². The predicted molar refractivity (Wildman–Crippen MR) is 80.8 cm³/mol. The molecular weight excluding hydrogens is 343 g/mol. The van der Waals surface area contributed by atoms with Gasteiger partial charge in [-0.15, -0.1) is 0 Å². The van der Waals surface area contributed by atoms with Crippen molar-refractivity contribution in [3.8, 4) is 0 Å². The molecule has 0 aliphatic carbocycles. The second-order valence-corrected chi connectivity index (χ2v) is 5.73. The van der Waals surface area contributed by atoms with Crippen molar-refractivity contribution in [3.05, 3.63) is 69.7 Å². The van der Waals surface area contributed by atoms with Gasteiger partial charge in [-0.05, 0) is 36.2 Å². The maximum absolute atomic E-state index is 13.0. The Hall–Kier alpha value is -1.33. The van der Waals surface area contributed by atoms with Gasteiger partial charge in [0.05, 0.1) is 5.56 Å². The smallest absolute Gasteiger partial charge is 0.306 e. The lowest BCUT2D eigenvalue weighted by atomic mass is 10.0. The van der Waals surface area contributed by atoms with Crippen molar-refractivity contribution in [1.29, 1.82) is 0 Å². The fraction of sp³-hybridized carbons (Fsp3) is 0.250. The van der Waals surface area contributed by atoms with Crippen molar-refractivity contribution < 1.29 is 13.2 Å². The van der Waals surface area contributed by atoms with Crippen LogP contribution in [0.4, 0.5) is 13.2 Å². The molecule has 0 heterocycles. The molecule has 0 saturated heterocycles. The van der Waals surface area contributed by atoms with E-state index < -0.39 is 11.7 Å². The number of rotatable bonds is 4. The maximum atomic E-state index is 13.0. The minimum Gasteiger partial charge on any atom is -0.306 e. The summed E-state index contributed by atoms with van der Waals surface area (Å²) in [7, 11) is 0. The minimum absolute atomic E-state index is 0.266. The summed E-state index contributed by atoms with van der Waals surface area (Å²) in [6.45, 7) is 2.25. The summed E-state index contributed by atoms with van der Waals surface area (Å²) < 4.78 is 39.9. The summed E-state index contributed by atoms with van der Waals surface area (Å²) in [6, 6.07) is 13.0. The zero-order valence-electron chi connectivity index (χ0n) is 11.4. The lowest BCUT2D eigenvalue weighted by molar-refractivity contribution is -0.138. The van der Waals surface area contributed by atoms with Crippen LogP contribution in [0.5, 0.6) is 0 Å². The van der Waals surface area contributed by atoms with Gasteiger partial charge >= 0.3 is 6.18 Å². The molecule has 112 valence electrons. The molecule has 2 aromatic carbocycles. The Balaban J connectivity index is 2.10. The lowest BCUT2D eigenvalue weighted by Crippen LogP contribution is -2.21. The van der Waals surface area contributed by atoms with E-state index >= 15 is 0 Å². The van der Waals surface area contributed by atoms with Crippen molar-refractivity contribution in [2.24, 2.45) is 0 Å². The molecule has 5 heteroatoms. The highest BCUT2D eigenvalue weighted by atomic mass is 79.9. The van der Waals surface area contributed by atoms with Gasteiger partial charge in [-0.2, -0.15) is 13.2 Å². The first-order valence-corrected chi connectivity index (χ1v) is 7.31. The molecule has 0 bridgehead atoms. The van der Waals surface area contributed by atoms with Gasteiger partial charge in [0.25, 0.3) is 0 Å². The number of hydrogen-bond donors (Lipinski definition) is 1. The second-order valence-electron chi connectivity index (χ2n) is 4.81. The van der Waals surface area contributed by atoms with Crippen molar-refractivity contribution in [1.82, 2.24) is 5.32 Å². The zero-order valence-corrected chi connectivity index (χ0v) is 13.0. The Bertz CT molecular complexity index is 593. The summed E-state index contributed by atoms with van der Waals surface area (Å²) >= 11 is 3.35. The largest absolute Gasteiger partial charge is 0.416 e. The Labute approximate surface area is 130 Å². The van der Waals surface area contributed by atoms with Crippen LogP contribution in [0.3, 0.4) is 0 Å². The summed E-state index contributed by atoms with van der Waals surface area (Å²) in [4.78, 5) is 0. The highest BCUT2D eigenvalue weighted by Crippen LogP contribution is 2.34. The van der Waals surface area contributed by atoms with E-state index in [1.807, 2.05) is 24.3 Å². The zero-order chi connectivity index (χ0) is 15.5. The van der Waals surface area contributed by atoms with Gasteiger partial charge < -0.3 is 5.32 Å². The van der Waals surface area contributed by atoms with Gasteiger partial charge in [0.15, 0.2) is 0 Å². The summed E-state index contributed by atoms with van der Waals surface area (Å²) in [6.07, 6.45) is -4.33. The van der Waals surface area contributed by atoms with Crippen molar-refractivity contribution in [2.75, 3.05) is 0 Å². The molecule has 1 N–H and O–H groups in total. The number of alkyl halides is 3. The van der Waals surface area contributed by atoms with Gasteiger partial charge in [-0.3, -0.25) is 0 Å². The van der Waals surface area contributed by atoms with E-state index in [0.717, 1.165) is 16.1 Å². The highest BCUT2D eigenvalue weighted by Gasteiger charge is 2.33. The number of benzene rings is 2. The van der Waals surface area contributed by atoms with Gasteiger partial charge in [0, 0.05) is 17.1 Å². The van der Waals surface area contributed by atoms with Crippen LogP contribution in [0.1, 0.15) is 29.7 Å². The fourth-order valence-electron chi connectivity index (χ4n) is 2.12. The van der Waals surface area contributed by atoms with E-state index in [2.05, 4.69) is 21.2 Å². The first-order valence-electron chi connectivity index (χ1n) is 6.52. The van der Waals surface area contributed by atoms with Gasteiger partial charge in [0.1, 0.15) is 0 Å². The molecule has 21 heavy (non-hydrogen) atoms. The molecule has 0 saturated carbocycles. The molecule has 2 aromatic rings. The molecule has 1 atom stereocenters. The number of hydrogen-bond acceptors (Lipinski definition) is 1. The van der Waals surface area contributed by atoms with Crippen LogP contribution in [0.2, 0.25) is 0 Å². The average molecular weight is 358 g/mol. The van der Waals surface area contributed by atoms with E-state index in [9.17, 15) is 13.2 Å². The molecule has 0 aliphatic rings. The van der Waals surface area contributed by atoms with Crippen molar-refractivity contribution >= 4 is 15.9 Å². The molecule has 0 aliphatic heterocycles. The van der Waals surface area contributed by atoms with Crippen molar-refractivity contribution in [2.45, 2.75) is 25.7 Å². The van der Waals surface area contributed by atoms with Gasteiger partial charge in [-0.25, -0.2) is 0 Å². The van der Waals surface area contributed by atoms with Gasteiger partial charge in [0.2, 0.25) is 0 Å². The first-order chi connectivity index (χ1) is 9.88. The Morgan fingerprint density at radius 1 is 1.05 bits per heavy atom. The third-order valence-corrected chi connectivity index (χ3v) is 3.79. The van der Waals surface area contributed by atoms with Crippen LogP contribution in [-0.4, -0.2) is 0 Å². The molecule has 1 nitrogen and oxygen atoms in total. The predicted octanol–water partition coefficient (Wildman–Crippen LogP) is 5.32. The second kappa shape index (κ2) is 6.62. The molecule has 0 amide bonds. The van der Waals surface area contributed by atoms with Crippen molar-refractivity contribution in [3.63, 3.8) is 0 Å². The van der Waals surface area contributed by atoms with Crippen LogP contribution in [-0.2, 0) is 12.7 Å². The molecule has 0 aromatic heterocycles. The Morgan fingerprint density at radius 3 is 2.29 bits per heavy atom. The van der Waals surface area contributed by atoms with Gasteiger partial charge in [-0.1, -0.05) is 46.3 Å². The normalized spacial score (nSPS) is 13.2. The molecule has 2 rings (SSSR count). The summed E-state index contributed by atoms with van der Waals surface area (Å²) in [5.74, 6) is 0. The summed E-state index contributed by atoms with van der Waals surface area (Å²) in [5.41, 5.74) is 0.706. The highest BCUT2D eigenvalue weighted by molar-refractivity contribution is 9.10. The van der Waals surface area contributed by atoms with E-state index in [0.29, 0.717) is 6.54 Å². The number of halogens is 4. The Kier molecular flexibility index (Phi) is 5.06. The SMILES string of the molecule is CC(NCc1ccc(Br)cc1)c1ccccc1C(F)(F)F. The monoisotopic (exact) mass is 357 g/mol. The Morgan fingerprint density at radius 2 is 1.67 bits per heavy atom. The lowest BCUT2D eigenvalue weighted by Gasteiger charge is -2.19. The third kappa shape index (κ3) is 4.32. The molecule has 0 radical (unpaired) electrons. The summed E-state index contributed by atoms with van der Waals surface area (Å²) in [5, 5.41) is 3.13. The quantitative estimate of drug-likeness (QED) is 0.780. The van der Waals surface area contributed by atoms with E-state index in [4.69, 9.17) is 0 Å². The fourth-order valence-corrected chi connectivity index (χ4v) is 2.38. The first kappa shape index (κ1) is 16.0. The minimum atomic E-state index is -4.33. The van der Waals surface area contributed by atoms with E-state index in [-0.39, 0.29) is 11.6 Å². The molecule has 1 unspecified atom stereocenters. The van der Waals surface area contributed by atoms with Crippen LogP contribution >= 0.6 is 15.9 Å². The van der Waals surface area contributed by atoms with E-state index in [1.165, 1.54) is 12.1 Å². The van der Waals surface area contributed by atoms with Crippen LogP contribution in [0, 0.1) is 0 Å². The average Bonchev–Trinajstić information content (AvgIpc) is 2.45. The molecule has 0 fully saturated rings. The molecule has 0 spiro atoms. The van der Waals surface area contributed by atoms with E-state index in [1.54, 1.807) is 13.0 Å². The van der Waals surface area contributed by atoms with Crippen LogP contribution in [0.15, 0.2) is 53.0 Å². The standard InChI is InChI=1S/C16H15BrF3N/c1-11(21-10-12-6-8-13(17)9-7-12)14-4-2-3-5-15(14)16(18,19)20/h2-9,11,21H,10H2,1H3. The third-order valence-electron chi connectivity index (χ3n) is 3.26. The number of nitrogens with one attached hydrogen (secondary N) is 1. The maximum Gasteiger partial charge on any atom is 0.416 e. The van der Waals surface area contributed by atoms with Crippen LogP contribution < -0.4 is 5.32 Å². The molecular formula is C16H15BrF3N. The topological polar surface area (TPSA) is 12.0 Å².